The van der Waals surface area contributed by atoms with Crippen LogP contribution in [0.2, 0.25) is 0 Å². The molecule has 2 aromatic rings. The maximum atomic E-state index is 5.55. The van der Waals surface area contributed by atoms with Gasteiger partial charge in [0.2, 0.25) is 0 Å². The van der Waals surface area contributed by atoms with Crippen molar-refractivity contribution in [2.75, 3.05) is 0 Å². The Bertz CT molecular complexity index is 438. The summed E-state index contributed by atoms with van der Waals surface area (Å²) in [7, 11) is 0. The van der Waals surface area contributed by atoms with Crippen LogP contribution in [0, 0.1) is 6.92 Å². The van der Waals surface area contributed by atoms with E-state index in [-0.39, 0.29) is 12.4 Å². The van der Waals surface area contributed by atoms with Crippen LogP contribution in [-0.2, 0) is 6.54 Å². The zero-order valence-corrected chi connectivity index (χ0v) is 9.21. The zero-order chi connectivity index (χ0) is 9.97. The minimum atomic E-state index is 0. The Kier molecular flexibility index (Phi) is 3.82. The molecular weight excluding hydrogens is 212 g/mol. The maximum Gasteiger partial charge on any atom is 0.181 e. The molecule has 1 heterocycles. The lowest BCUT2D eigenvalue weighted by Gasteiger charge is -1.98. The number of aromatic nitrogens is 3. The lowest BCUT2D eigenvalue weighted by molar-refractivity contribution is 1.04. The highest BCUT2D eigenvalue weighted by atomic mass is 35.5. The first-order valence-electron chi connectivity index (χ1n) is 4.48. The van der Waals surface area contributed by atoms with Gasteiger partial charge in [0.15, 0.2) is 5.82 Å². The van der Waals surface area contributed by atoms with Crippen molar-refractivity contribution in [3.05, 3.63) is 35.7 Å². The van der Waals surface area contributed by atoms with Crippen LogP contribution in [0.25, 0.3) is 11.4 Å². The van der Waals surface area contributed by atoms with Crippen molar-refractivity contribution in [1.82, 2.24) is 15.2 Å². The summed E-state index contributed by atoms with van der Waals surface area (Å²) in [5.41, 5.74) is 7.64. The van der Waals surface area contributed by atoms with Gasteiger partial charge in [0.1, 0.15) is 5.82 Å². The second-order valence-corrected chi connectivity index (χ2v) is 3.15. The molecule has 0 bridgehead atoms. The van der Waals surface area contributed by atoms with E-state index >= 15 is 0 Å². The standard InChI is InChI=1S/C10H12N4.ClH/c1-7-12-10(14-13-7)9-4-2-3-8(5-9)6-11;/h2-5H,6,11H2,1H3,(H,12,13,14);1H. The van der Waals surface area contributed by atoms with Gasteiger partial charge >= 0.3 is 0 Å². The number of benzene rings is 1. The molecule has 80 valence electrons. The molecular formula is C10H13ClN4. The fourth-order valence-corrected chi connectivity index (χ4v) is 1.31. The number of halogens is 1. The van der Waals surface area contributed by atoms with Crippen molar-refractivity contribution in [3.63, 3.8) is 0 Å². The highest BCUT2D eigenvalue weighted by Gasteiger charge is 2.03. The molecule has 0 radical (unpaired) electrons. The predicted octanol–water partition coefficient (Wildman–Crippen LogP) is 1.66. The minimum absolute atomic E-state index is 0. The van der Waals surface area contributed by atoms with Crippen LogP contribution in [0.3, 0.4) is 0 Å². The molecule has 0 atom stereocenters. The monoisotopic (exact) mass is 224 g/mol. The quantitative estimate of drug-likeness (QED) is 0.815. The topological polar surface area (TPSA) is 67.6 Å². The predicted molar refractivity (Wildman–Crippen MR) is 61.7 cm³/mol. The number of rotatable bonds is 2. The number of nitrogens with zero attached hydrogens (tertiary/aromatic N) is 2. The Morgan fingerprint density at radius 3 is 2.80 bits per heavy atom. The second-order valence-electron chi connectivity index (χ2n) is 3.15. The number of hydrogen-bond acceptors (Lipinski definition) is 3. The number of aromatic amines is 1. The van der Waals surface area contributed by atoms with E-state index in [0.717, 1.165) is 22.8 Å². The van der Waals surface area contributed by atoms with E-state index in [9.17, 15) is 0 Å². The van der Waals surface area contributed by atoms with E-state index in [1.807, 2.05) is 31.2 Å². The summed E-state index contributed by atoms with van der Waals surface area (Å²) < 4.78 is 0. The van der Waals surface area contributed by atoms with Crippen LogP contribution in [0.1, 0.15) is 11.4 Å². The van der Waals surface area contributed by atoms with E-state index < -0.39 is 0 Å². The summed E-state index contributed by atoms with van der Waals surface area (Å²) >= 11 is 0. The molecule has 0 aliphatic rings. The van der Waals surface area contributed by atoms with Gasteiger partial charge in [0.05, 0.1) is 0 Å². The van der Waals surface area contributed by atoms with Crippen molar-refractivity contribution < 1.29 is 0 Å². The third kappa shape index (κ3) is 2.55. The summed E-state index contributed by atoms with van der Waals surface area (Å²) in [6, 6.07) is 7.93. The van der Waals surface area contributed by atoms with Crippen LogP contribution in [0.5, 0.6) is 0 Å². The van der Waals surface area contributed by atoms with Crippen molar-refractivity contribution in [2.45, 2.75) is 13.5 Å². The Labute approximate surface area is 94.3 Å². The molecule has 1 aromatic heterocycles. The van der Waals surface area contributed by atoms with Gasteiger partial charge < -0.3 is 5.73 Å². The van der Waals surface area contributed by atoms with Crippen LogP contribution < -0.4 is 5.73 Å². The average molecular weight is 225 g/mol. The van der Waals surface area contributed by atoms with E-state index in [4.69, 9.17) is 5.73 Å². The highest BCUT2D eigenvalue weighted by Crippen LogP contribution is 2.15. The molecule has 4 nitrogen and oxygen atoms in total. The first-order chi connectivity index (χ1) is 6.79. The molecule has 3 N–H and O–H groups in total. The van der Waals surface area contributed by atoms with Gasteiger partial charge in [-0.15, -0.1) is 12.4 Å². The van der Waals surface area contributed by atoms with Crippen molar-refractivity contribution >= 4 is 12.4 Å². The first kappa shape index (κ1) is 11.7. The van der Waals surface area contributed by atoms with E-state index in [0.29, 0.717) is 6.54 Å². The summed E-state index contributed by atoms with van der Waals surface area (Å²) in [5, 5.41) is 6.90. The molecule has 0 aliphatic heterocycles. The minimum Gasteiger partial charge on any atom is -0.326 e. The van der Waals surface area contributed by atoms with E-state index in [2.05, 4.69) is 15.2 Å². The van der Waals surface area contributed by atoms with Crippen LogP contribution in [0.4, 0.5) is 0 Å². The normalized spacial score (nSPS) is 9.73. The third-order valence-electron chi connectivity index (χ3n) is 2.02. The average Bonchev–Trinajstić information content (AvgIpc) is 2.65. The smallest absolute Gasteiger partial charge is 0.181 e. The Balaban J connectivity index is 0.00000112. The molecule has 0 unspecified atom stereocenters. The van der Waals surface area contributed by atoms with Crippen molar-refractivity contribution in [1.29, 1.82) is 0 Å². The molecule has 0 spiro atoms. The Hall–Kier alpha value is -1.39. The zero-order valence-electron chi connectivity index (χ0n) is 8.40. The van der Waals surface area contributed by atoms with Gasteiger partial charge in [0, 0.05) is 12.1 Å². The summed E-state index contributed by atoms with van der Waals surface area (Å²) in [6.45, 7) is 2.42. The molecule has 0 amide bonds. The number of nitrogens with two attached hydrogens (primary N) is 1. The fourth-order valence-electron chi connectivity index (χ4n) is 1.31. The van der Waals surface area contributed by atoms with Gasteiger partial charge in [-0.3, -0.25) is 5.10 Å². The third-order valence-corrected chi connectivity index (χ3v) is 2.02. The van der Waals surface area contributed by atoms with Gasteiger partial charge in [0.25, 0.3) is 0 Å². The molecule has 5 heteroatoms. The van der Waals surface area contributed by atoms with Crippen LogP contribution in [0.15, 0.2) is 24.3 Å². The summed E-state index contributed by atoms with van der Waals surface area (Å²) in [6.07, 6.45) is 0. The molecule has 0 aliphatic carbocycles. The summed E-state index contributed by atoms with van der Waals surface area (Å²) in [5.74, 6) is 1.54. The molecule has 0 fully saturated rings. The molecule has 0 saturated heterocycles. The first-order valence-corrected chi connectivity index (χ1v) is 4.48. The fraction of sp³-hybridized carbons (Fsp3) is 0.200. The molecule has 1 aromatic carbocycles. The Morgan fingerprint density at radius 1 is 1.40 bits per heavy atom. The number of nitrogens with one attached hydrogen (secondary N) is 1. The molecule has 0 saturated carbocycles. The molecule has 15 heavy (non-hydrogen) atoms. The number of aryl methyl sites for hydroxylation is 1. The van der Waals surface area contributed by atoms with Crippen LogP contribution in [-0.4, -0.2) is 15.2 Å². The van der Waals surface area contributed by atoms with Crippen molar-refractivity contribution in [3.8, 4) is 11.4 Å². The maximum absolute atomic E-state index is 5.55. The number of H-pyrrole nitrogens is 1. The van der Waals surface area contributed by atoms with Crippen molar-refractivity contribution in [2.24, 2.45) is 5.73 Å². The van der Waals surface area contributed by atoms with Gasteiger partial charge in [-0.1, -0.05) is 18.2 Å². The molecule has 2 rings (SSSR count). The summed E-state index contributed by atoms with van der Waals surface area (Å²) in [4.78, 5) is 4.25. The Morgan fingerprint density at radius 2 is 2.20 bits per heavy atom. The lowest BCUT2D eigenvalue weighted by atomic mass is 10.1. The van der Waals surface area contributed by atoms with Gasteiger partial charge in [-0.05, 0) is 18.6 Å². The van der Waals surface area contributed by atoms with E-state index in [1.165, 1.54) is 0 Å². The number of hydrogen-bond donors (Lipinski definition) is 2. The highest BCUT2D eigenvalue weighted by molar-refractivity contribution is 5.85. The SMILES string of the molecule is Cc1nc(-c2cccc(CN)c2)n[nH]1.Cl. The second kappa shape index (κ2) is 4.91. The van der Waals surface area contributed by atoms with Gasteiger partial charge in [-0.25, -0.2) is 4.98 Å². The largest absolute Gasteiger partial charge is 0.326 e. The lowest BCUT2D eigenvalue weighted by Crippen LogP contribution is -1.96. The van der Waals surface area contributed by atoms with E-state index in [1.54, 1.807) is 0 Å². The van der Waals surface area contributed by atoms with Crippen LogP contribution >= 0.6 is 12.4 Å². The van der Waals surface area contributed by atoms with Gasteiger partial charge in [-0.2, -0.15) is 5.10 Å².